The van der Waals surface area contributed by atoms with Gasteiger partial charge < -0.3 is 10.4 Å². The second-order valence-electron chi connectivity index (χ2n) is 6.09. The average molecular weight is 329 g/mol. The molecule has 0 saturated carbocycles. The Bertz CT molecular complexity index is 784. The molecule has 0 aliphatic heterocycles. The van der Waals surface area contributed by atoms with Crippen LogP contribution in [0.1, 0.15) is 22.8 Å². The molecule has 0 unspecified atom stereocenters. The second kappa shape index (κ2) is 8.43. The van der Waals surface area contributed by atoms with Crippen LogP contribution in [-0.2, 0) is 6.54 Å². The molecule has 126 valence electrons. The van der Waals surface area contributed by atoms with Gasteiger partial charge in [-0.3, -0.25) is 0 Å². The molecule has 3 rings (SSSR count). The Labute approximate surface area is 149 Å². The van der Waals surface area contributed by atoms with Crippen molar-refractivity contribution in [3.05, 3.63) is 114 Å². The largest absolute Gasteiger partial charge is 0.386 e. The van der Waals surface area contributed by atoms with Gasteiger partial charge in [0.15, 0.2) is 0 Å². The molecule has 0 spiro atoms. The van der Waals surface area contributed by atoms with Crippen molar-refractivity contribution in [1.82, 2.24) is 5.32 Å². The fraction of sp³-hybridized carbons (Fsp3) is 0.130. The minimum Gasteiger partial charge on any atom is -0.386 e. The van der Waals surface area contributed by atoms with E-state index in [0.29, 0.717) is 6.54 Å². The Morgan fingerprint density at radius 3 is 1.92 bits per heavy atom. The molecular weight excluding hydrogens is 306 g/mol. The fourth-order valence-electron chi connectivity index (χ4n) is 2.92. The minimum atomic E-state index is -0.669. The highest BCUT2D eigenvalue weighted by molar-refractivity contribution is 5.68. The van der Waals surface area contributed by atoms with E-state index in [2.05, 4.69) is 24.0 Å². The summed E-state index contributed by atoms with van der Waals surface area (Å²) < 4.78 is 0. The molecule has 0 heterocycles. The zero-order valence-corrected chi connectivity index (χ0v) is 14.2. The number of benzene rings is 3. The van der Waals surface area contributed by atoms with Crippen molar-refractivity contribution in [2.75, 3.05) is 0 Å². The van der Waals surface area contributed by atoms with E-state index in [4.69, 9.17) is 0 Å². The maximum absolute atomic E-state index is 11.0. The maximum atomic E-state index is 11.0. The Kier molecular flexibility index (Phi) is 5.78. The molecule has 3 aromatic carbocycles. The number of aliphatic hydroxyl groups is 1. The molecule has 3 aromatic rings. The lowest BCUT2D eigenvalue weighted by atomic mass is 9.92. The zero-order chi connectivity index (χ0) is 17.5. The van der Waals surface area contributed by atoms with Gasteiger partial charge in [-0.1, -0.05) is 97.6 Å². The van der Waals surface area contributed by atoms with Crippen LogP contribution in [0.2, 0.25) is 0 Å². The third-order valence-electron chi connectivity index (χ3n) is 4.35. The molecule has 0 fully saturated rings. The monoisotopic (exact) mass is 329 g/mol. The van der Waals surface area contributed by atoms with Crippen LogP contribution in [0, 0.1) is 0 Å². The summed E-state index contributed by atoms with van der Waals surface area (Å²) >= 11 is 0. The molecule has 2 nitrogen and oxygen atoms in total. The SMILES string of the molecule is C=C(c1ccccc1)[C@@H](NCc1ccccc1)[C@@H](O)c1ccccc1. The lowest BCUT2D eigenvalue weighted by Crippen LogP contribution is -2.35. The molecule has 2 N–H and O–H groups in total. The summed E-state index contributed by atoms with van der Waals surface area (Å²) in [4.78, 5) is 0. The second-order valence-corrected chi connectivity index (χ2v) is 6.09. The first-order valence-electron chi connectivity index (χ1n) is 8.50. The number of rotatable bonds is 7. The quantitative estimate of drug-likeness (QED) is 0.664. The molecule has 0 amide bonds. The summed E-state index contributed by atoms with van der Waals surface area (Å²) in [5.74, 6) is 0. The molecule has 0 radical (unpaired) electrons. The van der Waals surface area contributed by atoms with E-state index in [0.717, 1.165) is 16.7 Å². The summed E-state index contributed by atoms with van der Waals surface area (Å²) in [7, 11) is 0. The van der Waals surface area contributed by atoms with E-state index in [1.165, 1.54) is 5.56 Å². The van der Waals surface area contributed by atoms with Crippen molar-refractivity contribution in [2.24, 2.45) is 0 Å². The van der Waals surface area contributed by atoms with Crippen molar-refractivity contribution in [3.63, 3.8) is 0 Å². The van der Waals surface area contributed by atoms with Crippen LogP contribution < -0.4 is 5.32 Å². The predicted octanol–water partition coefficient (Wildman–Crippen LogP) is 4.59. The van der Waals surface area contributed by atoms with Crippen LogP contribution in [0.5, 0.6) is 0 Å². The molecule has 0 saturated heterocycles. The minimum absolute atomic E-state index is 0.273. The normalized spacial score (nSPS) is 13.2. The van der Waals surface area contributed by atoms with Gasteiger partial charge in [-0.25, -0.2) is 0 Å². The summed E-state index contributed by atoms with van der Waals surface area (Å²) in [6.45, 7) is 4.93. The Morgan fingerprint density at radius 1 is 0.800 bits per heavy atom. The summed E-state index contributed by atoms with van der Waals surface area (Å²) in [5, 5.41) is 14.4. The molecule has 0 aliphatic rings. The number of hydrogen-bond donors (Lipinski definition) is 2. The smallest absolute Gasteiger partial charge is 0.0984 e. The van der Waals surface area contributed by atoms with Crippen molar-refractivity contribution in [3.8, 4) is 0 Å². The highest BCUT2D eigenvalue weighted by Gasteiger charge is 2.24. The summed E-state index contributed by atoms with van der Waals surface area (Å²) in [5.41, 5.74) is 3.97. The van der Waals surface area contributed by atoms with Gasteiger partial charge in [0, 0.05) is 6.54 Å². The molecule has 0 aliphatic carbocycles. The van der Waals surface area contributed by atoms with Gasteiger partial charge in [0.05, 0.1) is 12.1 Å². The van der Waals surface area contributed by atoms with Crippen molar-refractivity contribution < 1.29 is 5.11 Å². The summed E-state index contributed by atoms with van der Waals surface area (Å²) in [6, 6.07) is 29.7. The van der Waals surface area contributed by atoms with Crippen molar-refractivity contribution in [1.29, 1.82) is 0 Å². The molecule has 0 bridgehead atoms. The molecule has 2 atom stereocenters. The first-order chi connectivity index (χ1) is 12.3. The van der Waals surface area contributed by atoms with Gasteiger partial charge in [0.2, 0.25) is 0 Å². The van der Waals surface area contributed by atoms with E-state index in [-0.39, 0.29) is 6.04 Å². The fourth-order valence-corrected chi connectivity index (χ4v) is 2.92. The third-order valence-corrected chi connectivity index (χ3v) is 4.35. The van der Waals surface area contributed by atoms with Gasteiger partial charge >= 0.3 is 0 Å². The first-order valence-corrected chi connectivity index (χ1v) is 8.50. The maximum Gasteiger partial charge on any atom is 0.0984 e. The molecular formula is C23H23NO. The lowest BCUT2D eigenvalue weighted by molar-refractivity contribution is 0.150. The Morgan fingerprint density at radius 2 is 1.32 bits per heavy atom. The van der Waals surface area contributed by atoms with Gasteiger partial charge in [0.1, 0.15) is 0 Å². The lowest BCUT2D eigenvalue weighted by Gasteiger charge is -2.27. The average Bonchev–Trinajstić information content (AvgIpc) is 2.70. The number of nitrogens with one attached hydrogen (secondary N) is 1. The third kappa shape index (κ3) is 4.44. The van der Waals surface area contributed by atoms with Crippen molar-refractivity contribution >= 4 is 5.57 Å². The summed E-state index contributed by atoms with van der Waals surface area (Å²) in [6.07, 6.45) is -0.669. The van der Waals surface area contributed by atoms with Crippen LogP contribution in [0.4, 0.5) is 0 Å². The zero-order valence-electron chi connectivity index (χ0n) is 14.2. The number of aliphatic hydroxyl groups excluding tert-OH is 1. The van der Waals surface area contributed by atoms with E-state index in [1.807, 2.05) is 78.9 Å². The van der Waals surface area contributed by atoms with Gasteiger partial charge in [-0.2, -0.15) is 0 Å². The standard InChI is InChI=1S/C23H23NO/c1-18(20-13-7-3-8-14-20)22(23(25)21-15-9-4-10-16-21)24-17-19-11-5-2-6-12-19/h2-16,22-25H,1,17H2/t22-,23+/m1/s1. The number of hydrogen-bond acceptors (Lipinski definition) is 2. The van der Waals surface area contributed by atoms with E-state index >= 15 is 0 Å². The van der Waals surface area contributed by atoms with Crippen LogP contribution in [0.3, 0.4) is 0 Å². The predicted molar refractivity (Wildman–Crippen MR) is 104 cm³/mol. The Balaban J connectivity index is 1.84. The van der Waals surface area contributed by atoms with E-state index in [9.17, 15) is 5.11 Å². The molecule has 0 aromatic heterocycles. The van der Waals surface area contributed by atoms with Gasteiger partial charge in [-0.05, 0) is 22.3 Å². The van der Waals surface area contributed by atoms with Crippen LogP contribution in [0.15, 0.2) is 97.6 Å². The van der Waals surface area contributed by atoms with Crippen LogP contribution in [0.25, 0.3) is 5.57 Å². The highest BCUT2D eigenvalue weighted by Crippen LogP contribution is 2.27. The molecule has 2 heteroatoms. The molecule has 25 heavy (non-hydrogen) atoms. The van der Waals surface area contributed by atoms with E-state index in [1.54, 1.807) is 0 Å². The van der Waals surface area contributed by atoms with Crippen LogP contribution in [-0.4, -0.2) is 11.1 Å². The van der Waals surface area contributed by atoms with Crippen molar-refractivity contribution in [2.45, 2.75) is 18.7 Å². The van der Waals surface area contributed by atoms with E-state index < -0.39 is 6.10 Å². The highest BCUT2D eigenvalue weighted by atomic mass is 16.3. The van der Waals surface area contributed by atoms with Gasteiger partial charge in [-0.15, -0.1) is 0 Å². The van der Waals surface area contributed by atoms with Gasteiger partial charge in [0.25, 0.3) is 0 Å². The first kappa shape index (κ1) is 17.2. The topological polar surface area (TPSA) is 32.3 Å². The van der Waals surface area contributed by atoms with Crippen LogP contribution >= 0.6 is 0 Å². The Hall–Kier alpha value is -2.68.